The number of aromatic nitrogens is 3. The van der Waals surface area contributed by atoms with E-state index in [1.165, 1.54) is 51.4 Å². The van der Waals surface area contributed by atoms with Gasteiger partial charge in [0.05, 0.1) is 166 Å². The highest BCUT2D eigenvalue weighted by Crippen LogP contribution is 2.54. The van der Waals surface area contributed by atoms with Crippen molar-refractivity contribution in [3.05, 3.63) is 136 Å². The highest BCUT2D eigenvalue weighted by Gasteiger charge is 2.56. The molecule has 0 bridgehead atoms. The molecule has 1 aromatic heterocycles. The minimum Gasteiger partial charge on any atom is -0.507 e. The van der Waals surface area contributed by atoms with Crippen LogP contribution in [-0.2, 0) is 121 Å². The van der Waals surface area contributed by atoms with Gasteiger partial charge in [0.15, 0.2) is 37.0 Å². The first kappa shape index (κ1) is 105. The molecule has 0 saturated carbocycles. The molecule has 4 aliphatic heterocycles. The summed E-state index contributed by atoms with van der Waals surface area (Å²) in [6.07, 6.45) is -6.84. The molecule has 138 heavy (non-hydrogen) atoms. The molecule has 12 rings (SSSR count). The fourth-order valence-corrected chi connectivity index (χ4v) is 17.6. The van der Waals surface area contributed by atoms with Crippen molar-refractivity contribution < 1.29 is 139 Å². The Morgan fingerprint density at radius 2 is 1.33 bits per heavy atom. The van der Waals surface area contributed by atoms with Crippen LogP contribution in [0.2, 0.25) is 0 Å². The average molecular weight is 1930 g/mol. The van der Waals surface area contributed by atoms with Crippen molar-refractivity contribution in [3.63, 3.8) is 0 Å². The predicted octanol–water partition coefficient (Wildman–Crippen LogP) is 6.49. The van der Waals surface area contributed by atoms with Gasteiger partial charge in [-0.25, -0.2) is 19.1 Å². The van der Waals surface area contributed by atoms with Crippen molar-refractivity contribution >= 4 is 76.2 Å². The number of morpholine rings is 1. The van der Waals surface area contributed by atoms with Gasteiger partial charge in [0, 0.05) is 151 Å². The number of Topliss-reactive ketones (excluding diaryl/α,β-unsaturated/α-hetero) is 3. The number of benzene rings is 5. The van der Waals surface area contributed by atoms with Crippen LogP contribution in [0.4, 0.5) is 25.8 Å². The molecule has 6 aromatic rings. The monoisotopic (exact) mass is 1920 g/mol. The Kier molecular flexibility index (Phi) is 39.4. The molecule has 750 valence electrons. The number of phenols is 2. The topological polar surface area (TPSA) is 505 Å². The van der Waals surface area contributed by atoms with Crippen LogP contribution in [0.15, 0.2) is 91.0 Å². The minimum atomic E-state index is -2.50. The summed E-state index contributed by atoms with van der Waals surface area (Å²) in [5.41, 5.74) is 6.67. The van der Waals surface area contributed by atoms with E-state index in [2.05, 4.69) is 36.5 Å². The number of aromatic hydroxyl groups is 2. The van der Waals surface area contributed by atoms with E-state index >= 15 is 0 Å². The summed E-state index contributed by atoms with van der Waals surface area (Å²) < 4.78 is 88.6. The second-order valence-electron chi connectivity index (χ2n) is 34.8. The van der Waals surface area contributed by atoms with Crippen molar-refractivity contribution in [2.45, 2.75) is 166 Å². The number of anilines is 2. The summed E-state index contributed by atoms with van der Waals surface area (Å²) in [5.74, 6) is -6.95. The van der Waals surface area contributed by atoms with Crippen LogP contribution in [0.5, 0.6) is 17.2 Å². The number of primary amides is 1. The third-order valence-electron chi connectivity index (χ3n) is 24.9. The lowest BCUT2D eigenvalue weighted by Crippen LogP contribution is -2.55. The van der Waals surface area contributed by atoms with Gasteiger partial charge in [0.25, 0.3) is 0 Å². The zero-order chi connectivity index (χ0) is 98.5. The molecule has 7 amide bonds. The zero-order valence-corrected chi connectivity index (χ0v) is 79.3. The number of nitrogens with two attached hydrogens (primary N) is 1. The number of rotatable bonds is 54. The van der Waals surface area contributed by atoms with Crippen molar-refractivity contribution in [2.75, 3.05) is 184 Å². The number of hydrogen-bond acceptors (Lipinski definition) is 33. The van der Waals surface area contributed by atoms with Crippen LogP contribution in [-0.4, -0.2) is 332 Å². The number of carbonyl (C=O) groups is 11. The lowest BCUT2D eigenvalue weighted by molar-refractivity contribution is -0.256. The number of ketones is 5. The lowest BCUT2D eigenvalue weighted by Gasteiger charge is -2.43. The normalized spacial score (nSPS) is 19.5. The van der Waals surface area contributed by atoms with E-state index in [-0.39, 0.29) is 182 Å². The Morgan fingerprint density at radius 3 is 2.00 bits per heavy atom. The van der Waals surface area contributed by atoms with E-state index in [4.69, 9.17) is 76.8 Å². The number of likely N-dealkylation sites (N-methyl/N-ethyl adjacent to an activating group) is 3. The molecule has 9 N–H and O–H groups in total. The van der Waals surface area contributed by atoms with E-state index in [1.54, 1.807) is 49.9 Å². The van der Waals surface area contributed by atoms with Crippen molar-refractivity contribution in [2.24, 2.45) is 17.6 Å². The van der Waals surface area contributed by atoms with E-state index in [0.717, 1.165) is 33.8 Å². The smallest absolute Gasteiger partial charge is 0.409 e. The fraction of sp³-hybridized carbons (Fsp3) is 0.557. The molecule has 6 aliphatic rings. The fourth-order valence-electron chi connectivity index (χ4n) is 17.6. The first-order valence-corrected chi connectivity index (χ1v) is 46.7. The summed E-state index contributed by atoms with van der Waals surface area (Å²) in [5, 5.41) is 57.3. The SMILES string of the molecule is CNCCOCCOCCOCCn1nnc2c1-c1ccccc1CN(C(=O)CCCC(=O)CCOCCOCCOCCOCCC(=O)N[C@H](C(=O)C[C@@H](CCCNC(N)=O)C(=O)Nc1ccc(COC(=O)N(C)CCN(C)C(=O)OCC(=O)[C@]3(O)Cc4c(O)c5c(c(O)c4[C@@H](OC4C[C@H]6[C@H](O[C@@H]7[C@@H](OC)OCCN76)[C@H](C)O4)C3)C(=O)c3c(OC)cccc3C5=O)cc1)C(C)C)c1ccccc1-2. The number of amides is 7. The number of fused-ring (bicyclic) bond motifs is 11. The second kappa shape index (κ2) is 51.5. The third kappa shape index (κ3) is 27.4. The number of hydrogen-bond donors (Lipinski definition) is 8. The quantitative estimate of drug-likeness (QED) is 0.0149. The predicted molar refractivity (Wildman–Crippen MR) is 495 cm³/mol. The van der Waals surface area contributed by atoms with E-state index < -0.39 is 150 Å². The Bertz CT molecular complexity index is 5200. The molecule has 3 saturated heterocycles. The number of para-hydroxylation sites is 1. The number of carbonyl (C=O) groups excluding carboxylic acids is 11. The molecule has 41 heteroatoms. The van der Waals surface area contributed by atoms with Crippen molar-refractivity contribution in [1.82, 2.24) is 45.6 Å². The summed E-state index contributed by atoms with van der Waals surface area (Å²) in [6, 6.07) is 24.2. The largest absolute Gasteiger partial charge is 0.507 e. The third-order valence-corrected chi connectivity index (χ3v) is 24.9. The van der Waals surface area contributed by atoms with E-state index in [1.807, 2.05) is 60.3 Å². The number of nitrogens with one attached hydrogen (secondary N) is 4. The Morgan fingerprint density at radius 1 is 0.688 bits per heavy atom. The van der Waals surface area contributed by atoms with Crippen LogP contribution < -0.4 is 36.6 Å². The maximum atomic E-state index is 14.4. The minimum absolute atomic E-state index is 0.0175. The van der Waals surface area contributed by atoms with Gasteiger partial charge in [-0.3, -0.25) is 43.3 Å². The van der Waals surface area contributed by atoms with Gasteiger partial charge in [-0.1, -0.05) is 85.8 Å². The lowest BCUT2D eigenvalue weighted by atomic mass is 9.72. The Labute approximate surface area is 800 Å². The first-order valence-electron chi connectivity index (χ1n) is 46.7. The van der Waals surface area contributed by atoms with Crippen molar-refractivity contribution in [1.29, 1.82) is 0 Å². The molecule has 5 aromatic carbocycles. The summed E-state index contributed by atoms with van der Waals surface area (Å²) >= 11 is 0. The maximum Gasteiger partial charge on any atom is 0.409 e. The number of methoxy groups -OCH3 is 2. The van der Waals surface area contributed by atoms with Crippen LogP contribution in [0.1, 0.15) is 145 Å². The molecule has 0 spiro atoms. The molecule has 1 unspecified atom stereocenters. The molecule has 0 radical (unpaired) electrons. The molecule has 41 nitrogen and oxygen atoms in total. The summed E-state index contributed by atoms with van der Waals surface area (Å²) in [7, 11) is 7.46. The van der Waals surface area contributed by atoms with Gasteiger partial charge in [-0.2, -0.15) is 0 Å². The molecule has 5 heterocycles. The Hall–Kier alpha value is -11.4. The van der Waals surface area contributed by atoms with Crippen LogP contribution in [0.25, 0.3) is 22.5 Å². The number of phenolic OH excluding ortho intramolecular Hbond substituents is 2. The van der Waals surface area contributed by atoms with Gasteiger partial charge >= 0.3 is 18.2 Å². The number of aliphatic hydroxyl groups is 1. The molecule has 2 aliphatic carbocycles. The van der Waals surface area contributed by atoms with Gasteiger partial charge in [0.2, 0.25) is 29.3 Å². The van der Waals surface area contributed by atoms with Crippen LogP contribution in [0.3, 0.4) is 0 Å². The van der Waals surface area contributed by atoms with Gasteiger partial charge in [0.1, 0.15) is 47.0 Å². The zero-order valence-electron chi connectivity index (χ0n) is 79.3. The summed E-state index contributed by atoms with van der Waals surface area (Å²) in [6.45, 7) is 10.9. The standard InChI is InChI=1S/C97H128N12O29/c1-59(2)83(102-76(113)30-38-127-43-47-131-51-50-130-46-42-126-37-29-65(110)18-13-24-77(114)108-56-63-16-9-10-19-66(63)85-84(67-20-11-12-22-70(67)108)103-104-109(85)36-40-129-45-49-132-48-44-128-39-32-99-4)72(111)52-62(17-15-31-100-94(98)120)91(119)101-64-27-25-61(26-28-64)57-134-95(121)105(5)33-34-106(6)96(122)135-58-75(112)97(123)54-69-80(89(118)82-81(87(69)116)86(115)68-21-14-23-73(124-7)79(68)88(82)117)74(55-97)137-78-53-71-90(60(3)136-78)138-92-93(125-8)133-41-35-107(71)92/h9-12,14,16,19-23,25-28,59-60,62,71,74,78,83,90,92-93,99,116,118,123H,13,15,17-18,24,29-58H2,1-8H3,(H,101,119)(H,102,113)(H3,98,100,120)/t60-,62+,71-,74-,78?,83-,90+,92+,93-,97-/m0/s1. The number of ether oxygens (including phenoxy) is 15. The molecular weight excluding hydrogens is 1800 g/mol. The highest BCUT2D eigenvalue weighted by molar-refractivity contribution is 6.31. The van der Waals surface area contributed by atoms with E-state index in [0.29, 0.717) is 94.9 Å². The van der Waals surface area contributed by atoms with Gasteiger partial charge in [-0.05, 0) is 74.5 Å². The molecule has 10 atom stereocenters. The Balaban J connectivity index is 0.518. The van der Waals surface area contributed by atoms with Crippen LogP contribution >= 0.6 is 0 Å². The number of nitrogens with zero attached hydrogens (tertiary/aromatic N) is 7. The number of urea groups is 1. The first-order chi connectivity index (χ1) is 66.6. The van der Waals surface area contributed by atoms with Crippen LogP contribution in [0, 0.1) is 11.8 Å². The maximum absolute atomic E-state index is 14.4. The van der Waals surface area contributed by atoms with E-state index in [9.17, 15) is 68.1 Å². The average Bonchev–Trinajstić information content (AvgIpc) is 0.979. The second-order valence-corrected chi connectivity index (χ2v) is 34.8. The highest BCUT2D eigenvalue weighted by atomic mass is 16.7. The van der Waals surface area contributed by atoms with Gasteiger partial charge in [-0.15, -0.1) is 5.10 Å². The van der Waals surface area contributed by atoms with Gasteiger partial charge < -0.3 is 128 Å². The molecular formula is C97H128N12O29. The van der Waals surface area contributed by atoms with Crippen molar-refractivity contribution in [3.8, 4) is 39.8 Å². The summed E-state index contributed by atoms with van der Waals surface area (Å²) in [4.78, 5) is 156. The molecule has 3 fully saturated rings.